The molecule has 0 radical (unpaired) electrons. The van der Waals surface area contributed by atoms with E-state index < -0.39 is 0 Å². The number of rotatable bonds is 5. The van der Waals surface area contributed by atoms with Gasteiger partial charge in [-0.15, -0.1) is 0 Å². The first-order valence-corrected chi connectivity index (χ1v) is 8.36. The van der Waals surface area contributed by atoms with Crippen LogP contribution in [0.15, 0.2) is 4.47 Å². The maximum Gasteiger partial charge on any atom is 0.0767 e. The van der Waals surface area contributed by atoms with Crippen LogP contribution in [0.4, 0.5) is 0 Å². The molecule has 1 aliphatic carbocycles. The molecule has 0 bridgehead atoms. The lowest BCUT2D eigenvalue weighted by molar-refractivity contribution is 0.279. The van der Waals surface area contributed by atoms with E-state index in [2.05, 4.69) is 40.2 Å². The summed E-state index contributed by atoms with van der Waals surface area (Å²) in [6, 6.07) is 0.604. The maximum atomic E-state index is 4.55. The van der Waals surface area contributed by atoms with E-state index in [4.69, 9.17) is 0 Å². The molecule has 1 aliphatic rings. The predicted molar refractivity (Wildman–Crippen MR) is 83.2 cm³/mol. The smallest absolute Gasteiger partial charge is 0.0767 e. The highest BCUT2D eigenvalue weighted by atomic mass is 79.9. The van der Waals surface area contributed by atoms with Crippen LogP contribution in [0.2, 0.25) is 0 Å². The minimum Gasteiger partial charge on any atom is -0.308 e. The standard InChI is InChI=1S/C15H26BrN3/c1-4-13-15(16)14(19(3)18-13)10-17-11(2)12-8-6-5-7-9-12/h11-12,17H,4-10H2,1-3H3/t11-/m1/s1. The molecule has 2 rings (SSSR count). The molecule has 1 aromatic rings. The Morgan fingerprint density at radius 3 is 2.63 bits per heavy atom. The third-order valence-electron chi connectivity index (χ3n) is 4.45. The summed E-state index contributed by atoms with van der Waals surface area (Å²) in [4.78, 5) is 0. The van der Waals surface area contributed by atoms with Crippen LogP contribution in [0.5, 0.6) is 0 Å². The maximum absolute atomic E-state index is 4.55. The van der Waals surface area contributed by atoms with Crippen molar-refractivity contribution in [1.29, 1.82) is 0 Å². The molecule has 0 aliphatic heterocycles. The Morgan fingerprint density at radius 2 is 2.05 bits per heavy atom. The zero-order valence-electron chi connectivity index (χ0n) is 12.4. The first-order chi connectivity index (χ1) is 9.13. The van der Waals surface area contributed by atoms with Gasteiger partial charge in [0.15, 0.2) is 0 Å². The molecule has 1 aromatic heterocycles. The van der Waals surface area contributed by atoms with Crippen LogP contribution in [0.25, 0.3) is 0 Å². The summed E-state index contributed by atoms with van der Waals surface area (Å²) in [5.41, 5.74) is 2.42. The number of halogens is 1. The fourth-order valence-electron chi connectivity index (χ4n) is 3.07. The van der Waals surface area contributed by atoms with Crippen LogP contribution in [0, 0.1) is 5.92 Å². The van der Waals surface area contributed by atoms with E-state index in [1.54, 1.807) is 0 Å². The Labute approximate surface area is 125 Å². The van der Waals surface area contributed by atoms with Crippen LogP contribution < -0.4 is 5.32 Å². The molecule has 0 unspecified atom stereocenters. The summed E-state index contributed by atoms with van der Waals surface area (Å²) in [5, 5.41) is 8.25. The molecule has 108 valence electrons. The van der Waals surface area contributed by atoms with Gasteiger partial charge in [0.05, 0.1) is 15.9 Å². The van der Waals surface area contributed by atoms with Gasteiger partial charge in [0, 0.05) is 19.6 Å². The molecule has 1 N–H and O–H groups in total. The molecule has 0 aromatic carbocycles. The molecule has 3 nitrogen and oxygen atoms in total. The lowest BCUT2D eigenvalue weighted by Gasteiger charge is -2.28. The Balaban J connectivity index is 1.92. The number of aromatic nitrogens is 2. The highest BCUT2D eigenvalue weighted by molar-refractivity contribution is 9.10. The minimum atomic E-state index is 0.604. The molecule has 0 amide bonds. The second kappa shape index (κ2) is 6.89. The Bertz CT molecular complexity index is 408. The second-order valence-electron chi connectivity index (χ2n) is 5.75. The first kappa shape index (κ1) is 15.0. The summed E-state index contributed by atoms with van der Waals surface area (Å²) in [6.45, 7) is 5.39. The van der Waals surface area contributed by atoms with Crippen molar-refractivity contribution in [1.82, 2.24) is 15.1 Å². The lowest BCUT2D eigenvalue weighted by Crippen LogP contribution is -2.34. The quantitative estimate of drug-likeness (QED) is 0.891. The van der Waals surface area contributed by atoms with E-state index in [1.165, 1.54) is 42.3 Å². The van der Waals surface area contributed by atoms with Gasteiger partial charge in [-0.25, -0.2) is 0 Å². The second-order valence-corrected chi connectivity index (χ2v) is 6.55. The lowest BCUT2D eigenvalue weighted by atomic mass is 9.84. The van der Waals surface area contributed by atoms with Gasteiger partial charge in [-0.2, -0.15) is 5.10 Å². The fraction of sp³-hybridized carbons (Fsp3) is 0.800. The van der Waals surface area contributed by atoms with Crippen LogP contribution in [0.1, 0.15) is 57.3 Å². The molecule has 1 heterocycles. The molecule has 1 fully saturated rings. The van der Waals surface area contributed by atoms with Crippen molar-refractivity contribution in [3.63, 3.8) is 0 Å². The van der Waals surface area contributed by atoms with Crippen molar-refractivity contribution in [2.75, 3.05) is 0 Å². The van der Waals surface area contributed by atoms with Crippen molar-refractivity contribution in [3.8, 4) is 0 Å². The van der Waals surface area contributed by atoms with Crippen molar-refractivity contribution in [3.05, 3.63) is 15.9 Å². The number of aryl methyl sites for hydroxylation is 2. The summed E-state index contributed by atoms with van der Waals surface area (Å²) in [6.07, 6.45) is 8.00. The zero-order valence-corrected chi connectivity index (χ0v) is 14.0. The van der Waals surface area contributed by atoms with Crippen LogP contribution in [-0.4, -0.2) is 15.8 Å². The van der Waals surface area contributed by atoms with Crippen molar-refractivity contribution < 1.29 is 0 Å². The van der Waals surface area contributed by atoms with E-state index in [0.29, 0.717) is 6.04 Å². The average Bonchev–Trinajstić information content (AvgIpc) is 2.72. The third-order valence-corrected chi connectivity index (χ3v) is 5.37. The highest BCUT2D eigenvalue weighted by Gasteiger charge is 2.20. The molecular weight excluding hydrogens is 302 g/mol. The van der Waals surface area contributed by atoms with Crippen LogP contribution in [0.3, 0.4) is 0 Å². The number of nitrogens with zero attached hydrogens (tertiary/aromatic N) is 2. The van der Waals surface area contributed by atoms with Gasteiger partial charge < -0.3 is 5.32 Å². The van der Waals surface area contributed by atoms with E-state index >= 15 is 0 Å². The normalized spacial score (nSPS) is 18.7. The molecule has 0 saturated heterocycles. The van der Waals surface area contributed by atoms with Crippen molar-refractivity contribution >= 4 is 15.9 Å². The number of hydrogen-bond donors (Lipinski definition) is 1. The molecule has 4 heteroatoms. The zero-order chi connectivity index (χ0) is 13.8. The van der Waals surface area contributed by atoms with Gasteiger partial charge in [-0.3, -0.25) is 4.68 Å². The number of nitrogens with one attached hydrogen (secondary N) is 1. The monoisotopic (exact) mass is 327 g/mol. The van der Waals surface area contributed by atoms with Gasteiger partial charge in [0.2, 0.25) is 0 Å². The van der Waals surface area contributed by atoms with Gasteiger partial charge in [-0.1, -0.05) is 26.2 Å². The highest BCUT2D eigenvalue weighted by Crippen LogP contribution is 2.27. The average molecular weight is 328 g/mol. The molecule has 0 spiro atoms. The number of hydrogen-bond acceptors (Lipinski definition) is 2. The first-order valence-electron chi connectivity index (χ1n) is 7.57. The predicted octanol–water partition coefficient (Wildman–Crippen LogP) is 3.80. The van der Waals surface area contributed by atoms with Gasteiger partial charge in [-0.05, 0) is 48.0 Å². The van der Waals surface area contributed by atoms with E-state index in [1.807, 2.05) is 11.7 Å². The Hall–Kier alpha value is -0.350. The summed E-state index contributed by atoms with van der Waals surface area (Å²) in [7, 11) is 2.03. The molecular formula is C15H26BrN3. The van der Waals surface area contributed by atoms with E-state index in [-0.39, 0.29) is 0 Å². The molecule has 1 saturated carbocycles. The fourth-order valence-corrected chi connectivity index (χ4v) is 3.83. The van der Waals surface area contributed by atoms with Crippen molar-refractivity contribution in [2.45, 2.75) is 65.0 Å². The third kappa shape index (κ3) is 3.60. The van der Waals surface area contributed by atoms with Gasteiger partial charge in [0.1, 0.15) is 0 Å². The molecule has 19 heavy (non-hydrogen) atoms. The largest absolute Gasteiger partial charge is 0.308 e. The van der Waals surface area contributed by atoms with Gasteiger partial charge >= 0.3 is 0 Å². The van der Waals surface area contributed by atoms with Crippen molar-refractivity contribution in [2.24, 2.45) is 13.0 Å². The summed E-state index contributed by atoms with van der Waals surface area (Å²) < 4.78 is 3.18. The minimum absolute atomic E-state index is 0.604. The van der Waals surface area contributed by atoms with Gasteiger partial charge in [0.25, 0.3) is 0 Å². The van der Waals surface area contributed by atoms with E-state index in [0.717, 1.165) is 24.6 Å². The van der Waals surface area contributed by atoms with E-state index in [9.17, 15) is 0 Å². The molecule has 1 atom stereocenters. The summed E-state index contributed by atoms with van der Waals surface area (Å²) >= 11 is 3.69. The van der Waals surface area contributed by atoms with Crippen LogP contribution >= 0.6 is 15.9 Å². The topological polar surface area (TPSA) is 29.9 Å². The Kier molecular flexibility index (Phi) is 5.46. The SMILES string of the molecule is CCc1nn(C)c(CN[C@H](C)C2CCCCC2)c1Br. The Morgan fingerprint density at radius 1 is 1.37 bits per heavy atom. The summed E-state index contributed by atoms with van der Waals surface area (Å²) in [5.74, 6) is 0.853. The van der Waals surface area contributed by atoms with Crippen LogP contribution in [-0.2, 0) is 20.0 Å².